The highest BCUT2D eigenvalue weighted by Crippen LogP contribution is 2.07. The molecule has 3 heteroatoms. The number of halogens is 1. The zero-order valence-corrected chi connectivity index (χ0v) is 6.40. The third-order valence-corrected chi connectivity index (χ3v) is 0.970. The van der Waals surface area contributed by atoms with E-state index in [1.54, 1.807) is 6.92 Å². The topological polar surface area (TPSA) is 36.2 Å². The van der Waals surface area contributed by atoms with E-state index in [1.165, 1.54) is 20.1 Å². The molecule has 0 saturated carbocycles. The molecule has 0 aliphatic rings. The summed E-state index contributed by atoms with van der Waals surface area (Å²) in [7, 11) is 0. The van der Waals surface area contributed by atoms with E-state index in [2.05, 4.69) is 4.99 Å². The van der Waals surface area contributed by atoms with Crippen LogP contribution in [-0.4, -0.2) is 11.9 Å². The minimum absolute atomic E-state index is 0.0805. The number of nitrogens with zero attached hydrogens (tertiary/aromatic N) is 1. The van der Waals surface area contributed by atoms with Gasteiger partial charge in [-0.05, 0) is 20.8 Å². The first-order chi connectivity index (χ1) is 4.59. The van der Waals surface area contributed by atoms with Crippen LogP contribution in [0.5, 0.6) is 0 Å². The van der Waals surface area contributed by atoms with Gasteiger partial charge >= 0.3 is 0 Å². The van der Waals surface area contributed by atoms with Crippen molar-refractivity contribution in [1.29, 1.82) is 5.41 Å². The van der Waals surface area contributed by atoms with Crippen LogP contribution in [0.3, 0.4) is 0 Å². The molecule has 0 fully saturated rings. The maximum atomic E-state index is 12.6. The molecule has 0 atom stereocenters. The Morgan fingerprint density at radius 1 is 1.50 bits per heavy atom. The molecular formula is C7H11FN2. The number of hydrogen-bond acceptors (Lipinski definition) is 2. The van der Waals surface area contributed by atoms with Gasteiger partial charge in [-0.2, -0.15) is 0 Å². The normalized spacial score (nSPS) is 13.6. The van der Waals surface area contributed by atoms with Gasteiger partial charge < -0.3 is 5.41 Å². The average molecular weight is 142 g/mol. The van der Waals surface area contributed by atoms with Crippen LogP contribution in [0.25, 0.3) is 0 Å². The van der Waals surface area contributed by atoms with Crippen molar-refractivity contribution >= 4 is 11.9 Å². The van der Waals surface area contributed by atoms with Gasteiger partial charge in [-0.3, -0.25) is 4.99 Å². The first-order valence-corrected chi connectivity index (χ1v) is 3.00. The second kappa shape index (κ2) is 3.93. The van der Waals surface area contributed by atoms with Gasteiger partial charge in [-0.15, -0.1) is 0 Å². The monoisotopic (exact) mass is 142 g/mol. The highest BCUT2D eigenvalue weighted by molar-refractivity contribution is 5.94. The molecule has 0 unspecified atom stereocenters. The van der Waals surface area contributed by atoms with Crippen LogP contribution in [0, 0.1) is 5.41 Å². The van der Waals surface area contributed by atoms with E-state index in [4.69, 9.17) is 5.41 Å². The largest absolute Gasteiger partial charge is 0.302 e. The third kappa shape index (κ3) is 2.53. The molecule has 0 radical (unpaired) electrons. The molecule has 1 N–H and O–H groups in total. The molecule has 0 amide bonds. The van der Waals surface area contributed by atoms with Gasteiger partial charge in [0.2, 0.25) is 0 Å². The van der Waals surface area contributed by atoms with Gasteiger partial charge in [0.25, 0.3) is 0 Å². The van der Waals surface area contributed by atoms with Gasteiger partial charge in [0.05, 0.1) is 11.4 Å². The molecule has 0 aliphatic carbocycles. The highest BCUT2D eigenvalue weighted by atomic mass is 19.1. The summed E-state index contributed by atoms with van der Waals surface area (Å²) in [4.78, 5) is 3.68. The summed E-state index contributed by atoms with van der Waals surface area (Å²) in [5.74, 6) is -0.543. The average Bonchev–Trinajstić information content (AvgIpc) is 1.87. The fourth-order valence-corrected chi connectivity index (χ4v) is 0.522. The van der Waals surface area contributed by atoms with E-state index in [1.807, 2.05) is 0 Å². The molecule has 0 saturated heterocycles. The fourth-order valence-electron chi connectivity index (χ4n) is 0.522. The van der Waals surface area contributed by atoms with Crippen LogP contribution in [0.1, 0.15) is 20.8 Å². The fraction of sp³-hybridized carbons (Fsp3) is 0.429. The van der Waals surface area contributed by atoms with E-state index in [0.29, 0.717) is 0 Å². The van der Waals surface area contributed by atoms with E-state index < -0.39 is 5.83 Å². The lowest BCUT2D eigenvalue weighted by atomic mass is 10.3. The summed E-state index contributed by atoms with van der Waals surface area (Å²) in [5, 5.41) is 6.90. The predicted molar refractivity (Wildman–Crippen MR) is 41.4 cm³/mol. The smallest absolute Gasteiger partial charge is 0.164 e. The summed E-state index contributed by atoms with van der Waals surface area (Å²) < 4.78 is 12.6. The molecule has 0 heterocycles. The standard InChI is InChI=1S/C7H11FN2/c1-4-10-6(3)7(8)5(2)9/h4,9H,1-3H3/b7-6+,9-5?,10-4?. The second-order valence-corrected chi connectivity index (χ2v) is 1.91. The lowest BCUT2D eigenvalue weighted by molar-refractivity contribution is 0.665. The van der Waals surface area contributed by atoms with Crippen molar-refractivity contribution in [2.75, 3.05) is 0 Å². The second-order valence-electron chi connectivity index (χ2n) is 1.91. The van der Waals surface area contributed by atoms with Crippen LogP contribution in [0.15, 0.2) is 16.5 Å². The van der Waals surface area contributed by atoms with Crippen LogP contribution in [0.2, 0.25) is 0 Å². The molecule has 0 aliphatic heterocycles. The Balaban J connectivity index is 4.50. The van der Waals surface area contributed by atoms with Crippen molar-refractivity contribution in [3.05, 3.63) is 11.5 Å². The van der Waals surface area contributed by atoms with Crippen molar-refractivity contribution in [2.45, 2.75) is 20.8 Å². The lowest BCUT2D eigenvalue weighted by Crippen LogP contribution is -1.91. The molecule has 0 aromatic carbocycles. The van der Waals surface area contributed by atoms with Crippen LogP contribution >= 0.6 is 0 Å². The van der Waals surface area contributed by atoms with Crippen LogP contribution in [-0.2, 0) is 0 Å². The molecule has 0 bridgehead atoms. The molecule has 10 heavy (non-hydrogen) atoms. The van der Waals surface area contributed by atoms with Gasteiger partial charge in [0, 0.05) is 6.21 Å². The van der Waals surface area contributed by atoms with Gasteiger partial charge in [0.1, 0.15) is 0 Å². The van der Waals surface area contributed by atoms with E-state index in [0.717, 1.165) is 0 Å². The Kier molecular flexibility index (Phi) is 3.54. The Hall–Kier alpha value is -0.990. The zero-order chi connectivity index (χ0) is 8.15. The van der Waals surface area contributed by atoms with Crippen molar-refractivity contribution in [2.24, 2.45) is 4.99 Å². The number of aliphatic imine (C=N–C) groups is 1. The molecule has 0 spiro atoms. The summed E-state index contributed by atoms with van der Waals surface area (Å²) in [6.45, 7) is 4.63. The molecule has 0 rings (SSSR count). The summed E-state index contributed by atoms with van der Waals surface area (Å²) in [6, 6.07) is 0. The van der Waals surface area contributed by atoms with E-state index in [9.17, 15) is 4.39 Å². The SMILES string of the molecule is CC=N/C(C)=C(/F)C(C)=N. The van der Waals surface area contributed by atoms with Crippen molar-refractivity contribution in [3.63, 3.8) is 0 Å². The number of allylic oxidation sites excluding steroid dienone is 2. The lowest BCUT2D eigenvalue weighted by Gasteiger charge is -1.94. The number of hydrogen-bond donors (Lipinski definition) is 1. The molecular weight excluding hydrogens is 131 g/mol. The Morgan fingerprint density at radius 3 is 2.30 bits per heavy atom. The molecule has 2 nitrogen and oxygen atoms in total. The van der Waals surface area contributed by atoms with Gasteiger partial charge in [-0.25, -0.2) is 4.39 Å². The van der Waals surface area contributed by atoms with Crippen molar-refractivity contribution in [3.8, 4) is 0 Å². The van der Waals surface area contributed by atoms with Gasteiger partial charge in [-0.1, -0.05) is 0 Å². The minimum atomic E-state index is -0.543. The van der Waals surface area contributed by atoms with E-state index in [-0.39, 0.29) is 11.4 Å². The summed E-state index contributed by atoms with van der Waals surface area (Å²) in [5.41, 5.74) is 0.179. The Bertz CT molecular complexity index is 192. The van der Waals surface area contributed by atoms with E-state index >= 15 is 0 Å². The first-order valence-electron chi connectivity index (χ1n) is 3.00. The first kappa shape index (κ1) is 9.01. The van der Waals surface area contributed by atoms with Gasteiger partial charge in [0.15, 0.2) is 5.83 Å². The van der Waals surface area contributed by atoms with Crippen molar-refractivity contribution in [1.82, 2.24) is 0 Å². The highest BCUT2D eigenvalue weighted by Gasteiger charge is 2.00. The number of rotatable bonds is 2. The van der Waals surface area contributed by atoms with Crippen LogP contribution in [0.4, 0.5) is 4.39 Å². The maximum Gasteiger partial charge on any atom is 0.164 e. The Labute approximate surface area is 60.0 Å². The summed E-state index contributed by atoms with van der Waals surface area (Å²) >= 11 is 0. The zero-order valence-electron chi connectivity index (χ0n) is 6.40. The molecule has 0 aromatic rings. The summed E-state index contributed by atoms with van der Waals surface area (Å²) in [6.07, 6.45) is 1.50. The minimum Gasteiger partial charge on any atom is -0.302 e. The van der Waals surface area contributed by atoms with Crippen molar-refractivity contribution < 1.29 is 4.39 Å². The third-order valence-electron chi connectivity index (χ3n) is 0.970. The predicted octanol–water partition coefficient (Wildman–Crippen LogP) is 2.32. The quantitative estimate of drug-likeness (QED) is 0.574. The van der Waals surface area contributed by atoms with Crippen LogP contribution < -0.4 is 0 Å². The Morgan fingerprint density at radius 2 is 2.00 bits per heavy atom. The maximum absolute atomic E-state index is 12.6. The molecule has 0 aromatic heterocycles. The number of nitrogens with one attached hydrogen (secondary N) is 1. The molecule has 56 valence electrons.